The minimum Gasteiger partial charge on any atom is -0.378 e. The summed E-state index contributed by atoms with van der Waals surface area (Å²) in [4.78, 5) is 4.59. The molecule has 136 valence electrons. The predicted molar refractivity (Wildman–Crippen MR) is 103 cm³/mol. The Morgan fingerprint density at radius 2 is 1.85 bits per heavy atom. The molecule has 0 aliphatic rings. The summed E-state index contributed by atoms with van der Waals surface area (Å²) < 4.78 is 28.6. The second kappa shape index (κ2) is 7.31. The average Bonchev–Trinajstić information content (AvgIpc) is 3.08. The van der Waals surface area contributed by atoms with Crippen molar-refractivity contribution in [3.05, 3.63) is 66.6 Å². The van der Waals surface area contributed by atoms with Gasteiger partial charge in [-0.2, -0.15) is 0 Å². The number of benzene rings is 2. The van der Waals surface area contributed by atoms with E-state index in [9.17, 15) is 8.42 Å². The lowest BCUT2D eigenvalue weighted by Gasteiger charge is -2.19. The third-order valence-corrected chi connectivity index (χ3v) is 5.63. The molecule has 0 saturated carbocycles. The molecule has 0 aliphatic heterocycles. The first kappa shape index (κ1) is 18.2. The third kappa shape index (κ3) is 3.79. The molecule has 6 nitrogen and oxygen atoms in total. The number of hydrogen-bond acceptors (Lipinski definition) is 4. The Hall–Kier alpha value is -2.64. The number of sulfonamides is 1. The van der Waals surface area contributed by atoms with E-state index in [1.165, 1.54) is 7.05 Å². The Labute approximate surface area is 154 Å². The van der Waals surface area contributed by atoms with E-state index in [2.05, 4.69) is 34.1 Å². The van der Waals surface area contributed by atoms with Crippen LogP contribution in [-0.4, -0.2) is 25.0 Å². The second-order valence-electron chi connectivity index (χ2n) is 6.12. The molecular weight excluding hydrogens is 348 g/mol. The van der Waals surface area contributed by atoms with Crippen molar-refractivity contribution in [1.29, 1.82) is 0 Å². The van der Waals surface area contributed by atoms with Gasteiger partial charge in [0.25, 0.3) is 0 Å². The molecule has 0 aliphatic carbocycles. The van der Waals surface area contributed by atoms with Gasteiger partial charge in [0.2, 0.25) is 10.0 Å². The number of hydrogen-bond donors (Lipinski definition) is 2. The molecule has 0 saturated heterocycles. The number of aromatic nitrogens is 2. The van der Waals surface area contributed by atoms with Gasteiger partial charge in [-0.05, 0) is 37.7 Å². The van der Waals surface area contributed by atoms with E-state index in [1.54, 1.807) is 24.5 Å². The number of anilines is 1. The molecule has 0 amide bonds. The fourth-order valence-corrected chi connectivity index (χ4v) is 3.51. The highest BCUT2D eigenvalue weighted by Gasteiger charge is 2.17. The fraction of sp³-hybridized carbons (Fsp3) is 0.211. The summed E-state index contributed by atoms with van der Waals surface area (Å²) in [6.07, 6.45) is 3.56. The quantitative estimate of drug-likeness (QED) is 0.699. The van der Waals surface area contributed by atoms with Gasteiger partial charge in [0.15, 0.2) is 0 Å². The van der Waals surface area contributed by atoms with E-state index in [1.807, 2.05) is 36.0 Å². The molecule has 1 heterocycles. The van der Waals surface area contributed by atoms with Gasteiger partial charge in [-0.25, -0.2) is 18.1 Å². The lowest BCUT2D eigenvalue weighted by atomic mass is 10.1. The van der Waals surface area contributed by atoms with E-state index in [0.29, 0.717) is 5.69 Å². The van der Waals surface area contributed by atoms with Gasteiger partial charge in [-0.3, -0.25) is 0 Å². The molecule has 0 fully saturated rings. The van der Waals surface area contributed by atoms with Crippen molar-refractivity contribution in [2.45, 2.75) is 17.9 Å². The smallest absolute Gasteiger partial charge is 0.240 e. The van der Waals surface area contributed by atoms with Gasteiger partial charge in [0.05, 0.1) is 16.9 Å². The van der Waals surface area contributed by atoms with Gasteiger partial charge in [-0.15, -0.1) is 0 Å². The molecule has 0 spiro atoms. The van der Waals surface area contributed by atoms with Gasteiger partial charge in [0, 0.05) is 30.5 Å². The Morgan fingerprint density at radius 3 is 2.46 bits per heavy atom. The second-order valence-corrected chi connectivity index (χ2v) is 8.00. The number of nitrogens with one attached hydrogen (secondary N) is 2. The summed E-state index contributed by atoms with van der Waals surface area (Å²) in [5.74, 6) is 0. The number of rotatable bonds is 6. The molecule has 26 heavy (non-hydrogen) atoms. The monoisotopic (exact) mass is 370 g/mol. The first-order chi connectivity index (χ1) is 12.4. The van der Waals surface area contributed by atoms with Crippen molar-refractivity contribution >= 4 is 15.7 Å². The van der Waals surface area contributed by atoms with Crippen LogP contribution in [0.1, 0.15) is 18.5 Å². The Bertz CT molecular complexity index is 997. The lowest BCUT2D eigenvalue weighted by Crippen LogP contribution is -2.18. The molecule has 2 N–H and O–H groups in total. The van der Waals surface area contributed by atoms with Crippen LogP contribution in [0, 0.1) is 0 Å². The van der Waals surface area contributed by atoms with Crippen LogP contribution in [0.4, 0.5) is 5.69 Å². The zero-order chi connectivity index (χ0) is 18.7. The Morgan fingerprint density at radius 1 is 1.12 bits per heavy atom. The molecule has 0 unspecified atom stereocenters. The van der Waals surface area contributed by atoms with E-state index < -0.39 is 10.0 Å². The Kier molecular flexibility index (Phi) is 5.11. The van der Waals surface area contributed by atoms with Gasteiger partial charge < -0.3 is 9.88 Å². The molecule has 0 radical (unpaired) electrons. The van der Waals surface area contributed by atoms with Crippen LogP contribution in [0.25, 0.3) is 11.3 Å². The van der Waals surface area contributed by atoms with Crippen molar-refractivity contribution < 1.29 is 8.42 Å². The van der Waals surface area contributed by atoms with Crippen molar-refractivity contribution in [2.24, 2.45) is 7.05 Å². The van der Waals surface area contributed by atoms with E-state index in [0.717, 1.165) is 16.8 Å². The van der Waals surface area contributed by atoms with Gasteiger partial charge >= 0.3 is 0 Å². The third-order valence-electron chi connectivity index (χ3n) is 4.22. The molecule has 0 bridgehead atoms. The topological polar surface area (TPSA) is 76.0 Å². The normalized spacial score (nSPS) is 12.7. The first-order valence-corrected chi connectivity index (χ1v) is 9.76. The number of imidazole rings is 1. The fourth-order valence-electron chi connectivity index (χ4n) is 2.76. The Balaban J connectivity index is 2.04. The molecular formula is C19H22N4O2S. The van der Waals surface area contributed by atoms with E-state index >= 15 is 0 Å². The zero-order valence-electron chi connectivity index (χ0n) is 15.0. The van der Waals surface area contributed by atoms with Crippen molar-refractivity contribution in [3.63, 3.8) is 0 Å². The average molecular weight is 370 g/mol. The largest absolute Gasteiger partial charge is 0.378 e. The molecule has 1 aromatic heterocycles. The lowest BCUT2D eigenvalue weighted by molar-refractivity contribution is 0.588. The maximum atomic E-state index is 12.2. The summed E-state index contributed by atoms with van der Waals surface area (Å²) in [5, 5.41) is 3.47. The van der Waals surface area contributed by atoms with Crippen LogP contribution < -0.4 is 10.0 Å². The molecule has 2 aromatic carbocycles. The first-order valence-electron chi connectivity index (χ1n) is 8.28. The summed E-state index contributed by atoms with van der Waals surface area (Å²) in [5.41, 5.74) is 3.43. The van der Waals surface area contributed by atoms with Crippen molar-refractivity contribution in [1.82, 2.24) is 14.3 Å². The van der Waals surface area contributed by atoms with Crippen molar-refractivity contribution in [2.75, 3.05) is 12.4 Å². The highest BCUT2D eigenvalue weighted by molar-refractivity contribution is 7.89. The van der Waals surface area contributed by atoms with Crippen LogP contribution in [0.15, 0.2) is 66.0 Å². The minimum absolute atomic E-state index is 0.0606. The maximum absolute atomic E-state index is 12.2. The van der Waals surface area contributed by atoms with Crippen LogP contribution in [0.2, 0.25) is 0 Å². The number of aryl methyl sites for hydroxylation is 1. The summed E-state index contributed by atoms with van der Waals surface area (Å²) in [6.45, 7) is 2.07. The maximum Gasteiger partial charge on any atom is 0.240 e. The summed E-state index contributed by atoms with van der Waals surface area (Å²) >= 11 is 0. The van der Waals surface area contributed by atoms with Crippen LogP contribution in [0.3, 0.4) is 0 Å². The van der Waals surface area contributed by atoms with Crippen LogP contribution >= 0.6 is 0 Å². The van der Waals surface area contributed by atoms with E-state index in [-0.39, 0.29) is 10.9 Å². The van der Waals surface area contributed by atoms with E-state index in [4.69, 9.17) is 0 Å². The highest BCUT2D eigenvalue weighted by atomic mass is 32.2. The summed E-state index contributed by atoms with van der Waals surface area (Å²) in [6, 6.07) is 15.2. The molecule has 3 rings (SSSR count). The van der Waals surface area contributed by atoms with Gasteiger partial charge in [-0.1, -0.05) is 30.3 Å². The molecule has 3 aromatic rings. The number of nitrogens with zero attached hydrogens (tertiary/aromatic N) is 2. The molecule has 7 heteroatoms. The summed E-state index contributed by atoms with van der Waals surface area (Å²) in [7, 11) is -0.250. The van der Waals surface area contributed by atoms with Crippen LogP contribution in [-0.2, 0) is 17.1 Å². The molecule has 1 atom stereocenters. The minimum atomic E-state index is -3.53. The standard InChI is InChI=1S/C19H22N4O2S/c1-14(15-7-5-4-6-8-15)22-18-10-9-16(26(24,25)20-2)11-17(18)19-12-23(3)13-21-19/h4-14,20,22H,1-3H3/t14-/m1/s1. The predicted octanol–water partition coefficient (Wildman–Crippen LogP) is 3.17. The van der Waals surface area contributed by atoms with Gasteiger partial charge in [0.1, 0.15) is 0 Å². The SMILES string of the molecule is CNS(=O)(=O)c1ccc(N[C@H](C)c2ccccc2)c(-c2cn(C)cn2)c1. The van der Waals surface area contributed by atoms with Crippen molar-refractivity contribution in [3.8, 4) is 11.3 Å². The van der Waals surface area contributed by atoms with Crippen LogP contribution in [0.5, 0.6) is 0 Å². The highest BCUT2D eigenvalue weighted by Crippen LogP contribution is 2.32. The zero-order valence-corrected chi connectivity index (χ0v) is 15.8.